The lowest BCUT2D eigenvalue weighted by Crippen LogP contribution is -2.26. The Morgan fingerprint density at radius 1 is 1.05 bits per heavy atom. The largest absolute Gasteiger partial charge is 0.322 e. The molecule has 3 aromatic rings. The number of nitrogens with zero attached hydrogens (tertiary/aromatic N) is 2. The van der Waals surface area contributed by atoms with Crippen molar-refractivity contribution in [3.8, 4) is 0 Å². The van der Waals surface area contributed by atoms with Crippen molar-refractivity contribution >= 4 is 17.2 Å². The van der Waals surface area contributed by atoms with Crippen LogP contribution in [0.5, 0.6) is 0 Å². The Balaban J connectivity index is 1.99. The number of benzene rings is 1. The topological polar surface area (TPSA) is 63.5 Å². The Kier molecular flexibility index (Phi) is 3.47. The molecule has 22 heavy (non-hydrogen) atoms. The second kappa shape index (κ2) is 5.44. The molecule has 0 fully saturated rings. The van der Waals surface area contributed by atoms with Crippen molar-refractivity contribution in [3.63, 3.8) is 0 Å². The van der Waals surface area contributed by atoms with Gasteiger partial charge in [0.2, 0.25) is 0 Å². The first-order valence-electron chi connectivity index (χ1n) is 6.90. The number of rotatable bonds is 2. The molecular formula is C17H15N3O2. The summed E-state index contributed by atoms with van der Waals surface area (Å²) in [5.74, 6) is -0.461. The standard InChI is InChI=1S/C17H15N3O2/c1-11-3-6-13(7-4-11)19-16(21)14-9-18-15-8-5-12(2)10-20(15)17(14)22/h3-10H,1-2H3,(H,19,21). The van der Waals surface area contributed by atoms with Gasteiger partial charge in [0.15, 0.2) is 0 Å². The van der Waals surface area contributed by atoms with Gasteiger partial charge in [-0.1, -0.05) is 23.8 Å². The molecule has 2 aromatic heterocycles. The van der Waals surface area contributed by atoms with Crippen molar-refractivity contribution in [2.75, 3.05) is 5.32 Å². The fourth-order valence-electron chi connectivity index (χ4n) is 2.17. The molecule has 2 heterocycles. The molecule has 5 nitrogen and oxygen atoms in total. The van der Waals surface area contributed by atoms with Gasteiger partial charge in [-0.05, 0) is 37.6 Å². The predicted molar refractivity (Wildman–Crippen MR) is 85.3 cm³/mol. The lowest BCUT2D eigenvalue weighted by molar-refractivity contribution is 0.102. The summed E-state index contributed by atoms with van der Waals surface area (Å²) in [5.41, 5.74) is 2.82. The molecule has 0 atom stereocenters. The van der Waals surface area contributed by atoms with E-state index in [-0.39, 0.29) is 11.1 Å². The number of pyridine rings is 1. The van der Waals surface area contributed by atoms with Crippen LogP contribution in [0.15, 0.2) is 53.6 Å². The highest BCUT2D eigenvalue weighted by Gasteiger charge is 2.13. The molecule has 0 aliphatic heterocycles. The lowest BCUT2D eigenvalue weighted by Gasteiger charge is -2.07. The number of carbonyl (C=O) groups excluding carboxylic acids is 1. The molecule has 5 heteroatoms. The Bertz CT molecular complexity index is 911. The van der Waals surface area contributed by atoms with E-state index in [1.807, 2.05) is 32.0 Å². The minimum absolute atomic E-state index is 0.0173. The highest BCUT2D eigenvalue weighted by atomic mass is 16.2. The van der Waals surface area contributed by atoms with E-state index in [9.17, 15) is 9.59 Å². The SMILES string of the molecule is Cc1ccc(NC(=O)c2cnc3ccc(C)cn3c2=O)cc1. The van der Waals surface area contributed by atoms with Gasteiger partial charge in [-0.25, -0.2) is 4.98 Å². The molecule has 0 aliphatic rings. The Labute approximate surface area is 127 Å². The summed E-state index contributed by atoms with van der Waals surface area (Å²) < 4.78 is 1.39. The van der Waals surface area contributed by atoms with Gasteiger partial charge in [-0.15, -0.1) is 0 Å². The molecular weight excluding hydrogens is 278 g/mol. The zero-order valence-corrected chi connectivity index (χ0v) is 12.3. The molecule has 0 saturated carbocycles. The highest BCUT2D eigenvalue weighted by molar-refractivity contribution is 6.03. The number of nitrogens with one attached hydrogen (secondary N) is 1. The zero-order chi connectivity index (χ0) is 15.7. The predicted octanol–water partition coefficient (Wildman–Crippen LogP) is 2.56. The summed E-state index contributed by atoms with van der Waals surface area (Å²) in [4.78, 5) is 28.9. The van der Waals surface area contributed by atoms with Crippen LogP contribution in [0.1, 0.15) is 21.5 Å². The van der Waals surface area contributed by atoms with E-state index in [4.69, 9.17) is 0 Å². The van der Waals surface area contributed by atoms with Gasteiger partial charge in [0.1, 0.15) is 11.2 Å². The average molecular weight is 293 g/mol. The van der Waals surface area contributed by atoms with E-state index in [2.05, 4.69) is 10.3 Å². The van der Waals surface area contributed by atoms with Crippen LogP contribution in [0.4, 0.5) is 5.69 Å². The third-order valence-corrected chi connectivity index (χ3v) is 3.40. The normalized spacial score (nSPS) is 10.6. The van der Waals surface area contributed by atoms with E-state index >= 15 is 0 Å². The second-order valence-electron chi connectivity index (χ2n) is 5.23. The molecule has 0 saturated heterocycles. The molecule has 110 valence electrons. The molecule has 3 rings (SSSR count). The summed E-state index contributed by atoms with van der Waals surface area (Å²) in [6, 6.07) is 11.0. The number of anilines is 1. The highest BCUT2D eigenvalue weighted by Crippen LogP contribution is 2.10. The number of fused-ring (bicyclic) bond motifs is 1. The number of carbonyl (C=O) groups is 1. The van der Waals surface area contributed by atoms with E-state index in [0.717, 1.165) is 11.1 Å². The molecule has 0 aliphatic carbocycles. The van der Waals surface area contributed by atoms with E-state index in [1.165, 1.54) is 10.6 Å². The number of hydrogen-bond acceptors (Lipinski definition) is 3. The average Bonchev–Trinajstić information content (AvgIpc) is 2.50. The first-order valence-corrected chi connectivity index (χ1v) is 6.90. The van der Waals surface area contributed by atoms with Gasteiger partial charge in [-0.3, -0.25) is 14.0 Å². The smallest absolute Gasteiger partial charge is 0.270 e. The van der Waals surface area contributed by atoms with Crippen molar-refractivity contribution in [1.82, 2.24) is 9.38 Å². The van der Waals surface area contributed by atoms with Crippen LogP contribution in [0.25, 0.3) is 5.65 Å². The van der Waals surface area contributed by atoms with E-state index in [1.54, 1.807) is 24.4 Å². The monoisotopic (exact) mass is 293 g/mol. The zero-order valence-electron chi connectivity index (χ0n) is 12.3. The van der Waals surface area contributed by atoms with Gasteiger partial charge in [0.25, 0.3) is 11.5 Å². The Morgan fingerprint density at radius 2 is 1.73 bits per heavy atom. The number of amides is 1. The maximum atomic E-state index is 12.4. The molecule has 1 aromatic carbocycles. The molecule has 0 unspecified atom stereocenters. The van der Waals surface area contributed by atoms with Crippen LogP contribution in [0.3, 0.4) is 0 Å². The first-order chi connectivity index (χ1) is 10.5. The van der Waals surface area contributed by atoms with Crippen molar-refractivity contribution in [2.45, 2.75) is 13.8 Å². The van der Waals surface area contributed by atoms with Crippen LogP contribution in [-0.4, -0.2) is 15.3 Å². The second-order valence-corrected chi connectivity index (χ2v) is 5.23. The molecule has 1 amide bonds. The van der Waals surface area contributed by atoms with E-state index < -0.39 is 5.91 Å². The van der Waals surface area contributed by atoms with Crippen molar-refractivity contribution < 1.29 is 4.79 Å². The fraction of sp³-hybridized carbons (Fsp3) is 0.118. The van der Waals surface area contributed by atoms with Gasteiger partial charge >= 0.3 is 0 Å². The van der Waals surface area contributed by atoms with Gasteiger partial charge in [0, 0.05) is 18.1 Å². The van der Waals surface area contributed by atoms with Gasteiger partial charge in [0.05, 0.1) is 0 Å². The minimum Gasteiger partial charge on any atom is -0.322 e. The van der Waals surface area contributed by atoms with Crippen LogP contribution in [0.2, 0.25) is 0 Å². The van der Waals surface area contributed by atoms with Crippen LogP contribution < -0.4 is 10.9 Å². The first kappa shape index (κ1) is 14.0. The Hall–Kier alpha value is -2.95. The molecule has 0 bridgehead atoms. The maximum absolute atomic E-state index is 12.4. The summed E-state index contributed by atoms with van der Waals surface area (Å²) in [6.45, 7) is 3.85. The van der Waals surface area contributed by atoms with Gasteiger partial charge < -0.3 is 5.32 Å². The minimum atomic E-state index is -0.461. The van der Waals surface area contributed by atoms with Crippen molar-refractivity contribution in [3.05, 3.63) is 75.8 Å². The quantitative estimate of drug-likeness (QED) is 0.790. The third kappa shape index (κ3) is 2.61. The molecule has 1 N–H and O–H groups in total. The lowest BCUT2D eigenvalue weighted by atomic mass is 10.2. The summed E-state index contributed by atoms with van der Waals surface area (Å²) in [7, 11) is 0. The molecule has 0 radical (unpaired) electrons. The van der Waals surface area contributed by atoms with E-state index in [0.29, 0.717) is 11.3 Å². The van der Waals surface area contributed by atoms with Crippen molar-refractivity contribution in [2.24, 2.45) is 0 Å². The Morgan fingerprint density at radius 3 is 2.45 bits per heavy atom. The number of hydrogen-bond donors (Lipinski definition) is 1. The van der Waals surface area contributed by atoms with Crippen LogP contribution >= 0.6 is 0 Å². The van der Waals surface area contributed by atoms with Crippen LogP contribution in [-0.2, 0) is 0 Å². The number of aromatic nitrogens is 2. The summed E-state index contributed by atoms with van der Waals surface area (Å²) in [6.07, 6.45) is 2.99. The summed E-state index contributed by atoms with van der Waals surface area (Å²) >= 11 is 0. The van der Waals surface area contributed by atoms with Crippen molar-refractivity contribution in [1.29, 1.82) is 0 Å². The number of aryl methyl sites for hydroxylation is 2. The van der Waals surface area contributed by atoms with Crippen LogP contribution in [0, 0.1) is 13.8 Å². The third-order valence-electron chi connectivity index (χ3n) is 3.40. The molecule has 0 spiro atoms. The van der Waals surface area contributed by atoms with Gasteiger partial charge in [-0.2, -0.15) is 0 Å². The fourth-order valence-corrected chi connectivity index (χ4v) is 2.17. The maximum Gasteiger partial charge on any atom is 0.270 e. The summed E-state index contributed by atoms with van der Waals surface area (Å²) in [5, 5.41) is 2.71.